The largest absolute Gasteiger partial charge is 0.497 e. The molecule has 0 atom stereocenters. The molecule has 2 aromatic carbocycles. The van der Waals surface area contributed by atoms with Crippen molar-refractivity contribution in [3.05, 3.63) is 82.9 Å². The van der Waals surface area contributed by atoms with Crippen molar-refractivity contribution in [3.8, 4) is 17.1 Å². The molecule has 8 nitrogen and oxygen atoms in total. The monoisotopic (exact) mass is 457 g/mol. The summed E-state index contributed by atoms with van der Waals surface area (Å²) in [4.78, 5) is 29.5. The Morgan fingerprint density at radius 2 is 1.94 bits per heavy atom. The van der Waals surface area contributed by atoms with E-state index in [2.05, 4.69) is 10.3 Å². The first-order valence-electron chi connectivity index (χ1n) is 10.9. The van der Waals surface area contributed by atoms with Crippen LogP contribution in [0.3, 0.4) is 0 Å². The number of nitrogens with zero attached hydrogens (tertiary/aromatic N) is 2. The molecule has 34 heavy (non-hydrogen) atoms. The number of ether oxygens (including phenoxy) is 1. The predicted octanol–water partition coefficient (Wildman–Crippen LogP) is 4.08. The van der Waals surface area contributed by atoms with Crippen LogP contribution in [0.5, 0.6) is 5.75 Å². The molecule has 5 rings (SSSR count). The van der Waals surface area contributed by atoms with Gasteiger partial charge in [0, 0.05) is 42.7 Å². The number of carbonyl (C=O) groups is 1. The molecule has 172 valence electrons. The van der Waals surface area contributed by atoms with Gasteiger partial charge in [0.1, 0.15) is 28.2 Å². The van der Waals surface area contributed by atoms with Crippen LogP contribution in [-0.2, 0) is 17.8 Å². The number of methoxy groups -OCH3 is 1. The van der Waals surface area contributed by atoms with Gasteiger partial charge in [-0.1, -0.05) is 18.2 Å². The van der Waals surface area contributed by atoms with Crippen LogP contribution in [-0.4, -0.2) is 29.1 Å². The van der Waals surface area contributed by atoms with E-state index in [0.717, 1.165) is 22.1 Å². The highest BCUT2D eigenvalue weighted by Gasteiger charge is 2.22. The van der Waals surface area contributed by atoms with Crippen LogP contribution in [0.25, 0.3) is 33.1 Å². The van der Waals surface area contributed by atoms with E-state index in [1.54, 1.807) is 32.6 Å². The number of imidazole rings is 1. The van der Waals surface area contributed by atoms with Crippen molar-refractivity contribution in [2.45, 2.75) is 19.9 Å². The summed E-state index contributed by atoms with van der Waals surface area (Å²) in [6, 6.07) is 13.3. The van der Waals surface area contributed by atoms with Crippen LogP contribution in [0.1, 0.15) is 11.3 Å². The average Bonchev–Trinajstić information content (AvgIpc) is 3.46. The van der Waals surface area contributed by atoms with E-state index in [1.807, 2.05) is 47.2 Å². The minimum absolute atomic E-state index is 0.0132. The van der Waals surface area contributed by atoms with E-state index in [4.69, 9.17) is 13.6 Å². The first-order chi connectivity index (χ1) is 16.5. The molecule has 1 amide bonds. The lowest BCUT2D eigenvalue weighted by atomic mass is 10.0. The first-order valence-corrected chi connectivity index (χ1v) is 10.9. The Balaban J connectivity index is 1.51. The van der Waals surface area contributed by atoms with Gasteiger partial charge in [0.05, 0.1) is 19.9 Å². The lowest BCUT2D eigenvalue weighted by Gasteiger charge is -2.08. The van der Waals surface area contributed by atoms with E-state index in [1.165, 1.54) is 0 Å². The fraction of sp³-hybridized carbons (Fsp3) is 0.192. The molecule has 1 N–H and O–H groups in total. The predicted molar refractivity (Wildman–Crippen MR) is 128 cm³/mol. The van der Waals surface area contributed by atoms with E-state index >= 15 is 0 Å². The molecule has 3 heterocycles. The Morgan fingerprint density at radius 3 is 2.74 bits per heavy atom. The quantitative estimate of drug-likeness (QED) is 0.395. The standard InChI is InChI=1S/C26H23N3O5/c1-16-11-22-24(26(31)33-16)21(14-23(30)28-8-10-29-9-7-27-15-29)25(34-22)19-4-3-18-13-20(32-2)6-5-17(18)12-19/h3-7,9,11-13,15H,8,10,14H2,1-2H3,(H,28,30). The van der Waals surface area contributed by atoms with Crippen LogP contribution >= 0.6 is 0 Å². The van der Waals surface area contributed by atoms with Gasteiger partial charge in [-0.3, -0.25) is 4.79 Å². The van der Waals surface area contributed by atoms with Gasteiger partial charge in [0.25, 0.3) is 0 Å². The van der Waals surface area contributed by atoms with E-state index in [9.17, 15) is 9.59 Å². The van der Waals surface area contributed by atoms with Crippen LogP contribution in [0, 0.1) is 6.92 Å². The van der Waals surface area contributed by atoms with Crippen molar-refractivity contribution in [2.75, 3.05) is 13.7 Å². The maximum absolute atomic E-state index is 12.8. The number of aryl methyl sites for hydroxylation is 1. The molecule has 0 fully saturated rings. The molecule has 0 spiro atoms. The molecule has 0 aliphatic rings. The van der Waals surface area contributed by atoms with Crippen molar-refractivity contribution in [2.24, 2.45) is 0 Å². The number of fused-ring (bicyclic) bond motifs is 2. The molecule has 5 aromatic rings. The topological polar surface area (TPSA) is 99.5 Å². The van der Waals surface area contributed by atoms with Crippen molar-refractivity contribution >= 4 is 27.6 Å². The number of furan rings is 1. The molecule has 0 radical (unpaired) electrons. The molecule has 3 aromatic heterocycles. The molecular formula is C26H23N3O5. The molecular weight excluding hydrogens is 434 g/mol. The first kappa shape index (κ1) is 21.5. The average molecular weight is 457 g/mol. The number of carbonyl (C=O) groups excluding carboxylic acids is 1. The third-order valence-corrected chi connectivity index (χ3v) is 5.72. The minimum atomic E-state index is -0.517. The van der Waals surface area contributed by atoms with Crippen LogP contribution in [0.15, 0.2) is 74.8 Å². The summed E-state index contributed by atoms with van der Waals surface area (Å²) < 4.78 is 18.6. The Labute approximate surface area is 194 Å². The van der Waals surface area contributed by atoms with Crippen molar-refractivity contribution in [3.63, 3.8) is 0 Å². The summed E-state index contributed by atoms with van der Waals surface area (Å²) in [6.45, 7) is 2.72. The Bertz CT molecular complexity index is 1550. The number of hydrogen-bond acceptors (Lipinski definition) is 6. The van der Waals surface area contributed by atoms with E-state index < -0.39 is 5.63 Å². The zero-order chi connectivity index (χ0) is 23.7. The smallest absolute Gasteiger partial charge is 0.347 e. The molecule has 8 heteroatoms. The second kappa shape index (κ2) is 8.90. The van der Waals surface area contributed by atoms with Gasteiger partial charge >= 0.3 is 5.63 Å². The molecule has 0 saturated heterocycles. The van der Waals surface area contributed by atoms with Gasteiger partial charge in [0.2, 0.25) is 5.91 Å². The van der Waals surface area contributed by atoms with E-state index in [0.29, 0.717) is 41.1 Å². The van der Waals surface area contributed by atoms with Gasteiger partial charge in [-0.15, -0.1) is 0 Å². The van der Waals surface area contributed by atoms with Crippen molar-refractivity contribution < 1.29 is 18.4 Å². The minimum Gasteiger partial charge on any atom is -0.497 e. The number of amides is 1. The van der Waals surface area contributed by atoms with Gasteiger partial charge < -0.3 is 23.5 Å². The normalized spacial score (nSPS) is 11.2. The second-order valence-electron chi connectivity index (χ2n) is 8.05. The van der Waals surface area contributed by atoms with Gasteiger partial charge in [-0.2, -0.15) is 0 Å². The summed E-state index contributed by atoms with van der Waals surface area (Å²) in [6.07, 6.45) is 5.20. The molecule has 0 aliphatic heterocycles. The van der Waals surface area contributed by atoms with Gasteiger partial charge in [0.15, 0.2) is 0 Å². The SMILES string of the molecule is COc1ccc2cc(-c3oc4cc(C)oc(=O)c4c3CC(=O)NCCn3ccnc3)ccc2c1. The highest BCUT2D eigenvalue weighted by atomic mass is 16.5. The molecule has 0 bridgehead atoms. The summed E-state index contributed by atoms with van der Waals surface area (Å²) in [5.74, 6) is 1.48. The number of nitrogens with one attached hydrogen (secondary N) is 1. The number of rotatable bonds is 7. The Hall–Kier alpha value is -4.33. The fourth-order valence-electron chi connectivity index (χ4n) is 4.08. The zero-order valence-corrected chi connectivity index (χ0v) is 18.8. The van der Waals surface area contributed by atoms with Gasteiger partial charge in [-0.25, -0.2) is 9.78 Å². The number of aromatic nitrogens is 2. The third kappa shape index (κ3) is 4.17. The van der Waals surface area contributed by atoms with Crippen molar-refractivity contribution in [1.82, 2.24) is 14.9 Å². The fourth-order valence-corrected chi connectivity index (χ4v) is 4.08. The number of benzene rings is 2. The van der Waals surface area contributed by atoms with Crippen molar-refractivity contribution in [1.29, 1.82) is 0 Å². The summed E-state index contributed by atoms with van der Waals surface area (Å²) in [7, 11) is 1.63. The third-order valence-electron chi connectivity index (χ3n) is 5.72. The lowest BCUT2D eigenvalue weighted by molar-refractivity contribution is -0.120. The Kier molecular flexibility index (Phi) is 5.63. The summed E-state index contributed by atoms with van der Waals surface area (Å²) >= 11 is 0. The second-order valence-corrected chi connectivity index (χ2v) is 8.05. The van der Waals surface area contributed by atoms with E-state index in [-0.39, 0.29) is 12.3 Å². The summed E-state index contributed by atoms with van der Waals surface area (Å²) in [5, 5.41) is 5.18. The maximum atomic E-state index is 12.8. The number of hydrogen-bond donors (Lipinski definition) is 1. The molecule has 0 saturated carbocycles. The highest BCUT2D eigenvalue weighted by Crippen LogP contribution is 2.35. The van der Waals surface area contributed by atoms with Crippen LogP contribution < -0.4 is 15.7 Å². The molecule has 0 unspecified atom stereocenters. The summed E-state index contributed by atoms with van der Waals surface area (Å²) in [5.41, 5.74) is 1.17. The van der Waals surface area contributed by atoms with Gasteiger partial charge in [-0.05, 0) is 35.9 Å². The maximum Gasteiger partial charge on any atom is 0.347 e. The Morgan fingerprint density at radius 1 is 1.12 bits per heavy atom. The lowest BCUT2D eigenvalue weighted by Crippen LogP contribution is -2.28. The molecule has 0 aliphatic carbocycles. The zero-order valence-electron chi connectivity index (χ0n) is 18.8. The van der Waals surface area contributed by atoms with Crippen LogP contribution in [0.2, 0.25) is 0 Å². The highest BCUT2D eigenvalue weighted by molar-refractivity contribution is 5.95. The van der Waals surface area contributed by atoms with Crippen LogP contribution in [0.4, 0.5) is 0 Å².